The normalized spacial score (nSPS) is 13.7. The second kappa shape index (κ2) is 8.00. The Kier molecular flexibility index (Phi) is 6.65. The maximum atomic E-state index is 9.48. The van der Waals surface area contributed by atoms with Crippen LogP contribution in [-0.4, -0.2) is 31.5 Å². The van der Waals surface area contributed by atoms with Gasteiger partial charge in [0.25, 0.3) is 0 Å². The zero-order valence-electron chi connectivity index (χ0n) is 13.0. The molecule has 4 nitrogen and oxygen atoms in total. The van der Waals surface area contributed by atoms with E-state index in [2.05, 4.69) is 19.2 Å². The lowest BCUT2D eigenvalue weighted by Gasteiger charge is -2.27. The summed E-state index contributed by atoms with van der Waals surface area (Å²) in [5.41, 5.74) is 0.774. The van der Waals surface area contributed by atoms with Crippen LogP contribution in [0.4, 0.5) is 5.69 Å². The predicted molar refractivity (Wildman–Crippen MR) is 82.8 cm³/mol. The summed E-state index contributed by atoms with van der Waals surface area (Å²) in [6.07, 6.45) is 0.908. The number of nitrogens with one attached hydrogen (secondary N) is 1. The SMILES string of the molecule is CCOc1ccc(OCC)c(NCC(C)(CC)CO)c1. The standard InChI is InChI=1S/C16H27NO3/c1-5-16(4,12-18)11-17-14-10-13(19-6-2)8-9-15(14)20-7-3/h8-10,17-18H,5-7,11-12H2,1-4H3. The van der Waals surface area contributed by atoms with E-state index in [-0.39, 0.29) is 12.0 Å². The van der Waals surface area contributed by atoms with E-state index in [0.717, 1.165) is 23.6 Å². The van der Waals surface area contributed by atoms with E-state index in [9.17, 15) is 5.11 Å². The molecule has 0 aliphatic carbocycles. The van der Waals surface area contributed by atoms with Crippen molar-refractivity contribution in [2.75, 3.05) is 31.7 Å². The van der Waals surface area contributed by atoms with Gasteiger partial charge >= 0.3 is 0 Å². The monoisotopic (exact) mass is 281 g/mol. The van der Waals surface area contributed by atoms with Gasteiger partial charge in [-0.2, -0.15) is 0 Å². The third-order valence-electron chi connectivity index (χ3n) is 3.50. The number of hydrogen-bond acceptors (Lipinski definition) is 4. The van der Waals surface area contributed by atoms with Crippen LogP contribution in [0.3, 0.4) is 0 Å². The average molecular weight is 281 g/mol. The fraction of sp³-hybridized carbons (Fsp3) is 0.625. The highest BCUT2D eigenvalue weighted by Crippen LogP contribution is 2.31. The summed E-state index contributed by atoms with van der Waals surface area (Å²) in [6.45, 7) is 10.2. The zero-order valence-corrected chi connectivity index (χ0v) is 13.0. The Balaban J connectivity index is 2.86. The van der Waals surface area contributed by atoms with Gasteiger partial charge in [0.2, 0.25) is 0 Å². The molecule has 114 valence electrons. The van der Waals surface area contributed by atoms with Gasteiger partial charge < -0.3 is 19.9 Å². The highest BCUT2D eigenvalue weighted by molar-refractivity contribution is 5.59. The van der Waals surface area contributed by atoms with E-state index in [4.69, 9.17) is 9.47 Å². The second-order valence-electron chi connectivity index (χ2n) is 5.20. The number of ether oxygens (including phenoxy) is 2. The van der Waals surface area contributed by atoms with Crippen LogP contribution in [0.2, 0.25) is 0 Å². The summed E-state index contributed by atoms with van der Waals surface area (Å²) in [5.74, 6) is 1.63. The molecule has 0 fully saturated rings. The van der Waals surface area contributed by atoms with Gasteiger partial charge in [0.05, 0.1) is 25.5 Å². The molecule has 4 heteroatoms. The van der Waals surface area contributed by atoms with Crippen molar-refractivity contribution >= 4 is 5.69 Å². The Morgan fingerprint density at radius 1 is 1.15 bits per heavy atom. The van der Waals surface area contributed by atoms with Crippen molar-refractivity contribution in [3.8, 4) is 11.5 Å². The lowest BCUT2D eigenvalue weighted by molar-refractivity contribution is 0.149. The van der Waals surface area contributed by atoms with Crippen molar-refractivity contribution < 1.29 is 14.6 Å². The quantitative estimate of drug-likeness (QED) is 0.729. The minimum Gasteiger partial charge on any atom is -0.494 e. The molecular formula is C16H27NO3. The number of hydrogen-bond donors (Lipinski definition) is 2. The Morgan fingerprint density at radius 2 is 1.85 bits per heavy atom. The molecule has 2 N–H and O–H groups in total. The van der Waals surface area contributed by atoms with Crippen LogP contribution < -0.4 is 14.8 Å². The third-order valence-corrected chi connectivity index (χ3v) is 3.50. The summed E-state index contributed by atoms with van der Waals surface area (Å²) >= 11 is 0. The Bertz CT molecular complexity index is 403. The van der Waals surface area contributed by atoms with Gasteiger partial charge in [0.1, 0.15) is 11.5 Å². The van der Waals surface area contributed by atoms with E-state index < -0.39 is 0 Å². The Morgan fingerprint density at radius 3 is 2.40 bits per heavy atom. The first kappa shape index (κ1) is 16.6. The summed E-state index contributed by atoms with van der Waals surface area (Å²) in [7, 11) is 0. The van der Waals surface area contributed by atoms with Gasteiger partial charge in [-0.1, -0.05) is 13.8 Å². The van der Waals surface area contributed by atoms with Crippen molar-refractivity contribution in [2.45, 2.75) is 34.1 Å². The Hall–Kier alpha value is -1.42. The predicted octanol–water partition coefficient (Wildman–Crippen LogP) is 3.30. The molecule has 1 atom stereocenters. The average Bonchev–Trinajstić information content (AvgIpc) is 2.47. The number of aliphatic hydroxyl groups is 1. The molecule has 1 aromatic rings. The molecule has 20 heavy (non-hydrogen) atoms. The van der Waals surface area contributed by atoms with E-state index in [1.807, 2.05) is 32.0 Å². The van der Waals surface area contributed by atoms with Crippen LogP contribution in [0.15, 0.2) is 18.2 Å². The number of rotatable bonds is 9. The maximum Gasteiger partial charge on any atom is 0.142 e. The van der Waals surface area contributed by atoms with Crippen LogP contribution >= 0.6 is 0 Å². The van der Waals surface area contributed by atoms with Crippen LogP contribution in [-0.2, 0) is 0 Å². The minimum absolute atomic E-state index is 0.134. The topological polar surface area (TPSA) is 50.7 Å². The van der Waals surface area contributed by atoms with Crippen molar-refractivity contribution in [1.29, 1.82) is 0 Å². The van der Waals surface area contributed by atoms with Crippen LogP contribution in [0.1, 0.15) is 34.1 Å². The lowest BCUT2D eigenvalue weighted by Crippen LogP contribution is -2.29. The van der Waals surface area contributed by atoms with Gasteiger partial charge in [0.15, 0.2) is 0 Å². The van der Waals surface area contributed by atoms with Crippen molar-refractivity contribution in [2.24, 2.45) is 5.41 Å². The molecule has 0 saturated carbocycles. The van der Waals surface area contributed by atoms with E-state index in [0.29, 0.717) is 19.8 Å². The summed E-state index contributed by atoms with van der Waals surface area (Å²) < 4.78 is 11.1. The first-order chi connectivity index (χ1) is 9.58. The molecule has 0 aliphatic rings. The molecule has 1 aromatic carbocycles. The van der Waals surface area contributed by atoms with Crippen LogP contribution in [0, 0.1) is 5.41 Å². The van der Waals surface area contributed by atoms with Crippen molar-refractivity contribution in [3.05, 3.63) is 18.2 Å². The molecule has 1 rings (SSSR count). The zero-order chi connectivity index (χ0) is 15.0. The van der Waals surface area contributed by atoms with Gasteiger partial charge in [-0.05, 0) is 32.4 Å². The second-order valence-corrected chi connectivity index (χ2v) is 5.20. The molecule has 0 amide bonds. The summed E-state index contributed by atoms with van der Waals surface area (Å²) in [4.78, 5) is 0. The first-order valence-electron chi connectivity index (χ1n) is 7.33. The molecule has 0 heterocycles. The smallest absolute Gasteiger partial charge is 0.142 e. The Labute approximate surface area is 122 Å². The van der Waals surface area contributed by atoms with Gasteiger partial charge in [-0.3, -0.25) is 0 Å². The van der Waals surface area contributed by atoms with Gasteiger partial charge in [-0.15, -0.1) is 0 Å². The summed E-state index contributed by atoms with van der Waals surface area (Å²) in [5, 5.41) is 12.9. The highest BCUT2D eigenvalue weighted by Gasteiger charge is 2.21. The highest BCUT2D eigenvalue weighted by atomic mass is 16.5. The van der Waals surface area contributed by atoms with Crippen molar-refractivity contribution in [1.82, 2.24) is 0 Å². The fourth-order valence-electron chi connectivity index (χ4n) is 1.79. The first-order valence-corrected chi connectivity index (χ1v) is 7.33. The maximum absolute atomic E-state index is 9.48. The number of aliphatic hydroxyl groups excluding tert-OH is 1. The van der Waals surface area contributed by atoms with Crippen LogP contribution in [0.5, 0.6) is 11.5 Å². The largest absolute Gasteiger partial charge is 0.494 e. The number of benzene rings is 1. The minimum atomic E-state index is -0.134. The molecule has 0 aromatic heterocycles. The molecule has 0 bridgehead atoms. The third kappa shape index (κ3) is 4.60. The molecule has 1 unspecified atom stereocenters. The fourth-order valence-corrected chi connectivity index (χ4v) is 1.79. The molecular weight excluding hydrogens is 254 g/mol. The number of anilines is 1. The molecule has 0 saturated heterocycles. The summed E-state index contributed by atoms with van der Waals surface area (Å²) in [6, 6.07) is 5.77. The van der Waals surface area contributed by atoms with E-state index in [1.54, 1.807) is 0 Å². The van der Waals surface area contributed by atoms with E-state index >= 15 is 0 Å². The van der Waals surface area contributed by atoms with E-state index in [1.165, 1.54) is 0 Å². The molecule has 0 spiro atoms. The molecule has 0 radical (unpaired) electrons. The molecule has 0 aliphatic heterocycles. The van der Waals surface area contributed by atoms with Gasteiger partial charge in [0, 0.05) is 18.0 Å². The van der Waals surface area contributed by atoms with Crippen LogP contribution in [0.25, 0.3) is 0 Å². The van der Waals surface area contributed by atoms with Gasteiger partial charge in [-0.25, -0.2) is 0 Å². The lowest BCUT2D eigenvalue weighted by atomic mass is 9.88. The van der Waals surface area contributed by atoms with Crippen molar-refractivity contribution in [3.63, 3.8) is 0 Å².